The fraction of sp³-hybridized carbons (Fsp3) is 0.294. The predicted octanol–water partition coefficient (Wildman–Crippen LogP) is -0.429. The normalized spacial score (nSPS) is 33.1. The maximum absolute atomic E-state index is 14.8. The van der Waals surface area contributed by atoms with E-state index in [1.54, 1.807) is 72.8 Å². The largest absolute Gasteiger partial charge is 0.507 e. The van der Waals surface area contributed by atoms with Gasteiger partial charge in [0.05, 0.1) is 40.9 Å². The van der Waals surface area contributed by atoms with E-state index in [0.29, 0.717) is 16.7 Å². The van der Waals surface area contributed by atoms with Gasteiger partial charge in [-0.2, -0.15) is 5.26 Å². The summed E-state index contributed by atoms with van der Waals surface area (Å²) >= 11 is 0. The van der Waals surface area contributed by atoms with Crippen molar-refractivity contribution in [1.29, 1.82) is 5.26 Å². The lowest BCUT2D eigenvalue weighted by atomic mass is 9.41. The molecule has 3 aliphatic rings. The number of phenolic OH excluding ortho intramolecular Hbond substituents is 1. The van der Waals surface area contributed by atoms with Gasteiger partial charge in [0.15, 0.2) is 34.5 Å². The second kappa shape index (κ2) is 10.5. The van der Waals surface area contributed by atoms with E-state index in [4.69, 9.17) is 22.9 Å². The maximum Gasteiger partial charge on any atom is 0.235 e. The fourth-order valence-corrected chi connectivity index (χ4v) is 8.06. The van der Waals surface area contributed by atoms with Crippen LogP contribution < -0.4 is 22.9 Å². The Morgan fingerprint density at radius 3 is 1.94 bits per heavy atom. The van der Waals surface area contributed by atoms with Crippen LogP contribution in [0.4, 0.5) is 0 Å². The van der Waals surface area contributed by atoms with Gasteiger partial charge in [-0.1, -0.05) is 60.7 Å². The van der Waals surface area contributed by atoms with Crippen LogP contribution in [0.1, 0.15) is 22.0 Å². The van der Waals surface area contributed by atoms with Crippen LogP contribution in [-0.4, -0.2) is 81.5 Å². The SMILES string of the molecule is CN(C)[C@@H]1C(=O)C(C(N)=O)C(=O)[C@@]2(C#N)C(=O)C3C(=O)c4c(O)c(-c5ccccc5)cc(-c5ccccc5)c4[C@H](N)[C@@]3(N)[C@H](O)[C@@]12N. The van der Waals surface area contributed by atoms with Gasteiger partial charge >= 0.3 is 0 Å². The third kappa shape index (κ3) is 3.72. The van der Waals surface area contributed by atoms with Gasteiger partial charge in [-0.05, 0) is 42.4 Å². The van der Waals surface area contributed by atoms with Gasteiger partial charge in [-0.3, -0.25) is 28.9 Å². The molecule has 13 nitrogen and oxygen atoms in total. The van der Waals surface area contributed by atoms with E-state index in [-0.39, 0.29) is 11.1 Å². The predicted molar refractivity (Wildman–Crippen MR) is 167 cm³/mol. The minimum absolute atomic E-state index is 0.0121. The van der Waals surface area contributed by atoms with Crippen LogP contribution >= 0.6 is 0 Å². The number of rotatable bonds is 4. The monoisotopic (exact) mass is 636 g/mol. The van der Waals surface area contributed by atoms with Crippen molar-refractivity contribution in [3.8, 4) is 34.1 Å². The van der Waals surface area contributed by atoms with Crippen LogP contribution in [0.2, 0.25) is 0 Å². The Bertz CT molecular complexity index is 1940. The number of phenols is 1. The molecule has 47 heavy (non-hydrogen) atoms. The summed E-state index contributed by atoms with van der Waals surface area (Å²) in [5.74, 6) is -11.8. The average molecular weight is 637 g/mol. The Kier molecular flexibility index (Phi) is 7.09. The zero-order valence-electron chi connectivity index (χ0n) is 25.4. The summed E-state index contributed by atoms with van der Waals surface area (Å²) in [5.41, 5.74) is 18.8. The molecule has 2 fully saturated rings. The number of carbonyl (C=O) groups is 5. The molecular formula is C34H32N6O7. The summed E-state index contributed by atoms with van der Waals surface area (Å²) in [5, 5.41) is 34.7. The molecule has 3 aliphatic carbocycles. The molecule has 10 N–H and O–H groups in total. The quantitative estimate of drug-likeness (QED) is 0.199. The Hall–Kier alpha value is -5.10. The number of Topliss-reactive ketones (excluding diaryl/α,β-unsaturated/α-hetero) is 4. The number of carbonyl (C=O) groups excluding carboxylic acids is 5. The summed E-state index contributed by atoms with van der Waals surface area (Å²) < 4.78 is 0. The number of nitriles is 1. The van der Waals surface area contributed by atoms with Crippen LogP contribution in [0.5, 0.6) is 5.75 Å². The van der Waals surface area contributed by atoms with Gasteiger partial charge in [0.2, 0.25) is 5.91 Å². The highest BCUT2D eigenvalue weighted by atomic mass is 16.3. The fourth-order valence-electron chi connectivity index (χ4n) is 8.06. The van der Waals surface area contributed by atoms with Crippen molar-refractivity contribution >= 4 is 29.0 Å². The third-order valence-electron chi connectivity index (χ3n) is 10.2. The van der Waals surface area contributed by atoms with Gasteiger partial charge < -0.3 is 33.1 Å². The molecule has 0 bridgehead atoms. The van der Waals surface area contributed by atoms with Crippen LogP contribution in [-0.2, 0) is 19.2 Å². The van der Waals surface area contributed by atoms with E-state index in [9.17, 15) is 39.4 Å². The Morgan fingerprint density at radius 2 is 1.45 bits per heavy atom. The Labute approximate surface area is 268 Å². The van der Waals surface area contributed by atoms with E-state index in [0.717, 1.165) is 4.90 Å². The first-order chi connectivity index (χ1) is 22.1. The van der Waals surface area contributed by atoms with Gasteiger partial charge in [0, 0.05) is 5.56 Å². The molecule has 0 spiro atoms. The summed E-state index contributed by atoms with van der Waals surface area (Å²) in [7, 11) is 2.66. The van der Waals surface area contributed by atoms with Gasteiger partial charge in [0.1, 0.15) is 11.7 Å². The smallest absolute Gasteiger partial charge is 0.235 e. The zero-order valence-corrected chi connectivity index (χ0v) is 25.4. The van der Waals surface area contributed by atoms with E-state index in [1.807, 2.05) is 0 Å². The molecule has 240 valence electrons. The summed E-state index contributed by atoms with van der Waals surface area (Å²) in [4.78, 5) is 70.9. The number of amides is 1. The minimum Gasteiger partial charge on any atom is -0.507 e. The van der Waals surface area contributed by atoms with E-state index in [2.05, 4.69) is 0 Å². The van der Waals surface area contributed by atoms with Crippen LogP contribution in [0.3, 0.4) is 0 Å². The van der Waals surface area contributed by atoms with Crippen molar-refractivity contribution in [2.75, 3.05) is 14.1 Å². The van der Waals surface area contributed by atoms with Crippen molar-refractivity contribution in [2.45, 2.75) is 29.3 Å². The molecule has 0 heterocycles. The summed E-state index contributed by atoms with van der Waals surface area (Å²) in [6.45, 7) is 0. The molecule has 6 rings (SSSR count). The second-order valence-electron chi connectivity index (χ2n) is 12.6. The molecule has 2 unspecified atom stereocenters. The van der Waals surface area contributed by atoms with Crippen LogP contribution in [0.15, 0.2) is 66.7 Å². The van der Waals surface area contributed by atoms with Gasteiger partial charge in [-0.25, -0.2) is 0 Å². The second-order valence-corrected chi connectivity index (χ2v) is 12.6. The first-order valence-electron chi connectivity index (χ1n) is 14.7. The van der Waals surface area contributed by atoms with Crippen molar-refractivity contribution in [3.05, 3.63) is 77.9 Å². The Morgan fingerprint density at radius 1 is 0.915 bits per heavy atom. The number of benzene rings is 3. The topological polar surface area (TPSA) is 257 Å². The molecule has 0 aliphatic heterocycles. The third-order valence-corrected chi connectivity index (χ3v) is 10.2. The number of hydrogen-bond acceptors (Lipinski definition) is 12. The lowest BCUT2D eigenvalue weighted by Crippen LogP contribution is -2.92. The average Bonchev–Trinajstić information content (AvgIpc) is 3.03. The summed E-state index contributed by atoms with van der Waals surface area (Å²) in [6.07, 6.45) is -2.35. The number of primary amides is 1. The number of nitrogens with zero attached hydrogens (tertiary/aromatic N) is 2. The molecule has 2 saturated carbocycles. The molecule has 3 aromatic rings. The van der Waals surface area contributed by atoms with Crippen molar-refractivity contribution in [2.24, 2.45) is 40.2 Å². The van der Waals surface area contributed by atoms with E-state index in [1.165, 1.54) is 14.1 Å². The minimum atomic E-state index is -3.15. The maximum atomic E-state index is 14.8. The molecule has 13 heteroatoms. The highest BCUT2D eigenvalue weighted by Crippen LogP contribution is 2.60. The molecule has 0 saturated heterocycles. The number of ketones is 4. The number of aliphatic hydroxyl groups excluding tert-OH is 1. The first-order valence-corrected chi connectivity index (χ1v) is 14.7. The molecule has 1 amide bonds. The molecule has 0 radical (unpaired) electrons. The highest BCUT2D eigenvalue weighted by molar-refractivity contribution is 6.34. The first kappa shape index (κ1) is 31.9. The standard InChI is InChI=1S/C34H32N6O7/c1-40(2)27-25(43)21(30(37)46)28(44)32(14-35)29(45)22-24(42)20-19(26(36)33(22,38)31(47)34(27,32)39)17(15-9-5-3-6-10-15)13-18(23(20)41)16-11-7-4-8-12-16/h3-13,21-22,26-27,31,41,47H,36,38-39H2,1-2H3,(H2,37,46)/t21?,22?,26-,27+,31-,32-,33+,34-/m0/s1. The number of fused-ring (bicyclic) bond motifs is 3. The number of likely N-dealkylation sites (N-methyl/N-ethyl adjacent to an activating group) is 1. The van der Waals surface area contributed by atoms with E-state index >= 15 is 0 Å². The van der Waals surface area contributed by atoms with Crippen molar-refractivity contribution in [3.63, 3.8) is 0 Å². The lowest BCUT2D eigenvalue weighted by Gasteiger charge is -2.64. The molecule has 8 atom stereocenters. The Balaban J connectivity index is 1.71. The number of aliphatic hydroxyl groups is 1. The van der Waals surface area contributed by atoms with Crippen molar-refractivity contribution < 1.29 is 34.2 Å². The van der Waals surface area contributed by atoms with Crippen LogP contribution in [0, 0.1) is 28.6 Å². The van der Waals surface area contributed by atoms with Gasteiger partial charge in [0.25, 0.3) is 0 Å². The van der Waals surface area contributed by atoms with E-state index < -0.39 is 86.9 Å². The van der Waals surface area contributed by atoms with Crippen molar-refractivity contribution in [1.82, 2.24) is 4.90 Å². The molecule has 3 aromatic carbocycles. The van der Waals surface area contributed by atoms with Gasteiger partial charge in [-0.15, -0.1) is 0 Å². The lowest BCUT2D eigenvalue weighted by molar-refractivity contribution is -0.181. The number of aromatic hydroxyl groups is 1. The number of nitrogens with two attached hydrogens (primary N) is 4. The van der Waals surface area contributed by atoms with Crippen LogP contribution in [0.25, 0.3) is 22.3 Å². The number of hydrogen-bond donors (Lipinski definition) is 6. The molecule has 0 aromatic heterocycles. The molecular weight excluding hydrogens is 604 g/mol. The summed E-state index contributed by atoms with van der Waals surface area (Å²) in [6, 6.07) is 17.0. The zero-order chi connectivity index (χ0) is 34.4. The highest BCUT2D eigenvalue weighted by Gasteiger charge is 2.83.